The molecule has 4 rings (SSSR count). The Morgan fingerprint density at radius 3 is 2.68 bits per heavy atom. The van der Waals surface area contributed by atoms with Crippen molar-refractivity contribution >= 4 is 22.5 Å². The third-order valence-corrected chi connectivity index (χ3v) is 4.58. The average Bonchev–Trinajstić information content (AvgIpc) is 3.12. The van der Waals surface area contributed by atoms with Crippen LogP contribution in [0.3, 0.4) is 0 Å². The summed E-state index contributed by atoms with van der Waals surface area (Å²) in [6.07, 6.45) is 1.39. The summed E-state index contributed by atoms with van der Waals surface area (Å²) in [5, 5.41) is 21.0. The van der Waals surface area contributed by atoms with Gasteiger partial charge in [-0.05, 0) is 42.8 Å². The quantitative estimate of drug-likeness (QED) is 0.496. The SMILES string of the molecule is CC(O)c1ccc(-c2n[nH]c3ccc(NC(=O)Cc4ccccn4)cc23)cc1. The van der Waals surface area contributed by atoms with Gasteiger partial charge in [0.2, 0.25) is 5.91 Å². The van der Waals surface area contributed by atoms with Crippen LogP contribution in [0.5, 0.6) is 0 Å². The molecule has 1 unspecified atom stereocenters. The predicted octanol–water partition coefficient (Wildman–Crippen LogP) is 3.86. The number of hydrogen-bond acceptors (Lipinski definition) is 4. The highest BCUT2D eigenvalue weighted by molar-refractivity contribution is 5.98. The number of rotatable bonds is 5. The van der Waals surface area contributed by atoms with Crippen LogP contribution in [0.2, 0.25) is 0 Å². The Hall–Kier alpha value is -3.51. The van der Waals surface area contributed by atoms with E-state index in [2.05, 4.69) is 20.5 Å². The molecule has 4 aromatic rings. The summed E-state index contributed by atoms with van der Waals surface area (Å²) in [6.45, 7) is 1.73. The molecule has 6 heteroatoms. The molecule has 3 N–H and O–H groups in total. The zero-order valence-electron chi connectivity index (χ0n) is 15.4. The summed E-state index contributed by atoms with van der Waals surface area (Å²) in [7, 11) is 0. The number of hydrogen-bond donors (Lipinski definition) is 3. The number of nitrogens with one attached hydrogen (secondary N) is 2. The van der Waals surface area contributed by atoms with Crippen LogP contribution in [-0.4, -0.2) is 26.2 Å². The number of aliphatic hydroxyl groups is 1. The second-order valence-electron chi connectivity index (χ2n) is 6.68. The van der Waals surface area contributed by atoms with E-state index in [-0.39, 0.29) is 12.3 Å². The maximum Gasteiger partial charge on any atom is 0.230 e. The fourth-order valence-electron chi connectivity index (χ4n) is 3.10. The van der Waals surface area contributed by atoms with E-state index in [1.165, 1.54) is 0 Å². The molecule has 0 aliphatic rings. The summed E-state index contributed by atoms with van der Waals surface area (Å²) in [5.74, 6) is -0.121. The zero-order chi connectivity index (χ0) is 19.5. The normalized spacial score (nSPS) is 12.1. The zero-order valence-corrected chi connectivity index (χ0v) is 15.4. The first-order valence-electron chi connectivity index (χ1n) is 9.06. The molecule has 2 heterocycles. The van der Waals surface area contributed by atoms with Crippen molar-refractivity contribution in [3.05, 3.63) is 78.1 Å². The molecule has 140 valence electrons. The lowest BCUT2D eigenvalue weighted by Gasteiger charge is -2.07. The lowest BCUT2D eigenvalue weighted by molar-refractivity contribution is -0.115. The number of aromatic nitrogens is 3. The van der Waals surface area contributed by atoms with Crippen LogP contribution in [0.15, 0.2) is 66.9 Å². The first kappa shape index (κ1) is 17.9. The number of amides is 1. The van der Waals surface area contributed by atoms with Gasteiger partial charge in [0.1, 0.15) is 0 Å². The van der Waals surface area contributed by atoms with Gasteiger partial charge in [-0.15, -0.1) is 0 Å². The fourth-order valence-corrected chi connectivity index (χ4v) is 3.10. The van der Waals surface area contributed by atoms with Crippen LogP contribution in [0, 0.1) is 0 Å². The first-order chi connectivity index (χ1) is 13.6. The third kappa shape index (κ3) is 3.77. The maximum atomic E-state index is 12.3. The maximum absolute atomic E-state index is 12.3. The fraction of sp³-hybridized carbons (Fsp3) is 0.136. The lowest BCUT2D eigenvalue weighted by Crippen LogP contribution is -2.14. The number of nitrogens with zero attached hydrogens (tertiary/aromatic N) is 2. The van der Waals surface area contributed by atoms with Crippen LogP contribution in [0.25, 0.3) is 22.2 Å². The highest BCUT2D eigenvalue weighted by Gasteiger charge is 2.11. The summed E-state index contributed by atoms with van der Waals surface area (Å²) in [5.41, 5.74) is 4.91. The Bertz CT molecular complexity index is 1100. The Morgan fingerprint density at radius 2 is 1.96 bits per heavy atom. The van der Waals surface area contributed by atoms with E-state index >= 15 is 0 Å². The number of aliphatic hydroxyl groups excluding tert-OH is 1. The van der Waals surface area contributed by atoms with Gasteiger partial charge in [-0.3, -0.25) is 14.9 Å². The molecule has 0 radical (unpaired) electrons. The number of aromatic amines is 1. The first-order valence-corrected chi connectivity index (χ1v) is 9.06. The van der Waals surface area contributed by atoms with Gasteiger partial charge in [-0.25, -0.2) is 0 Å². The van der Waals surface area contributed by atoms with Crippen LogP contribution in [0.4, 0.5) is 5.69 Å². The van der Waals surface area contributed by atoms with E-state index in [1.807, 2.05) is 60.7 Å². The molecule has 0 saturated carbocycles. The van der Waals surface area contributed by atoms with E-state index in [9.17, 15) is 9.90 Å². The molecule has 0 saturated heterocycles. The topological polar surface area (TPSA) is 90.9 Å². The van der Waals surface area contributed by atoms with Crippen molar-refractivity contribution in [3.63, 3.8) is 0 Å². The van der Waals surface area contributed by atoms with Crippen LogP contribution >= 0.6 is 0 Å². The summed E-state index contributed by atoms with van der Waals surface area (Å²) >= 11 is 0. The molecule has 0 aliphatic carbocycles. The molecule has 0 bridgehead atoms. The van der Waals surface area contributed by atoms with Crippen molar-refractivity contribution < 1.29 is 9.90 Å². The Balaban J connectivity index is 1.58. The smallest absolute Gasteiger partial charge is 0.230 e. The number of carbonyl (C=O) groups is 1. The summed E-state index contributed by atoms with van der Waals surface area (Å²) < 4.78 is 0. The molecule has 1 atom stereocenters. The van der Waals surface area contributed by atoms with Crippen molar-refractivity contribution in [2.45, 2.75) is 19.4 Å². The van der Waals surface area contributed by atoms with Gasteiger partial charge >= 0.3 is 0 Å². The van der Waals surface area contributed by atoms with Gasteiger partial charge in [0.15, 0.2) is 0 Å². The lowest BCUT2D eigenvalue weighted by atomic mass is 10.0. The van der Waals surface area contributed by atoms with Gasteiger partial charge in [-0.2, -0.15) is 5.10 Å². The summed E-state index contributed by atoms with van der Waals surface area (Å²) in [6, 6.07) is 18.8. The second-order valence-corrected chi connectivity index (χ2v) is 6.68. The monoisotopic (exact) mass is 372 g/mol. The minimum absolute atomic E-state index is 0.121. The molecular weight excluding hydrogens is 352 g/mol. The number of benzene rings is 2. The molecule has 0 fully saturated rings. The van der Waals surface area contributed by atoms with Crippen LogP contribution < -0.4 is 5.32 Å². The third-order valence-electron chi connectivity index (χ3n) is 4.58. The summed E-state index contributed by atoms with van der Waals surface area (Å²) in [4.78, 5) is 16.5. The second kappa shape index (κ2) is 7.62. The van der Waals surface area contributed by atoms with E-state index in [0.717, 1.165) is 33.4 Å². The van der Waals surface area contributed by atoms with Crippen LogP contribution in [0.1, 0.15) is 24.3 Å². The van der Waals surface area contributed by atoms with Gasteiger partial charge in [-0.1, -0.05) is 30.3 Å². The largest absolute Gasteiger partial charge is 0.389 e. The van der Waals surface area contributed by atoms with Crippen molar-refractivity contribution in [2.75, 3.05) is 5.32 Å². The number of fused-ring (bicyclic) bond motifs is 1. The van der Waals surface area contributed by atoms with Gasteiger partial charge < -0.3 is 10.4 Å². The minimum atomic E-state index is -0.508. The molecule has 0 spiro atoms. The van der Waals surface area contributed by atoms with Crippen molar-refractivity contribution in [1.82, 2.24) is 15.2 Å². The average molecular weight is 372 g/mol. The van der Waals surface area contributed by atoms with Gasteiger partial charge in [0.25, 0.3) is 0 Å². The Labute approximate surface area is 162 Å². The molecule has 6 nitrogen and oxygen atoms in total. The van der Waals surface area contributed by atoms with E-state index in [4.69, 9.17) is 0 Å². The Kier molecular flexibility index (Phi) is 4.87. The minimum Gasteiger partial charge on any atom is -0.389 e. The number of H-pyrrole nitrogens is 1. The van der Waals surface area contributed by atoms with Gasteiger partial charge in [0, 0.05) is 28.5 Å². The van der Waals surface area contributed by atoms with E-state index in [1.54, 1.807) is 13.1 Å². The van der Waals surface area contributed by atoms with Gasteiger partial charge in [0.05, 0.1) is 23.7 Å². The molecular formula is C22H20N4O2. The van der Waals surface area contributed by atoms with E-state index in [0.29, 0.717) is 5.69 Å². The molecule has 2 aromatic heterocycles. The van der Waals surface area contributed by atoms with Crippen molar-refractivity contribution in [2.24, 2.45) is 0 Å². The molecule has 1 amide bonds. The number of anilines is 1. The molecule has 2 aromatic carbocycles. The standard InChI is InChI=1S/C22H20N4O2/c1-14(27)15-5-7-16(8-6-15)22-19-12-18(9-10-20(19)25-26-22)24-21(28)13-17-4-2-3-11-23-17/h2-12,14,27H,13H2,1H3,(H,24,28)(H,25,26). The highest BCUT2D eigenvalue weighted by Crippen LogP contribution is 2.29. The van der Waals surface area contributed by atoms with Crippen LogP contribution in [-0.2, 0) is 11.2 Å². The Morgan fingerprint density at radius 1 is 1.14 bits per heavy atom. The van der Waals surface area contributed by atoms with Crippen molar-refractivity contribution in [1.29, 1.82) is 0 Å². The molecule has 28 heavy (non-hydrogen) atoms. The van der Waals surface area contributed by atoms with Crippen molar-refractivity contribution in [3.8, 4) is 11.3 Å². The highest BCUT2D eigenvalue weighted by atomic mass is 16.3. The number of pyridine rings is 1. The van der Waals surface area contributed by atoms with E-state index < -0.39 is 6.10 Å². The predicted molar refractivity (Wildman–Crippen MR) is 109 cm³/mol. The number of carbonyl (C=O) groups excluding carboxylic acids is 1. The molecule has 0 aliphatic heterocycles.